The molecule has 30 heteroatoms. The second-order valence-corrected chi connectivity index (χ2v) is 21.6. The van der Waals surface area contributed by atoms with Gasteiger partial charge >= 0.3 is 62.9 Å². The minimum absolute atomic E-state index is 0. The molecule has 0 bridgehead atoms. The number of halogens is 1. The van der Waals surface area contributed by atoms with Gasteiger partial charge in [-0.1, -0.05) is 0 Å². The van der Waals surface area contributed by atoms with Crippen molar-refractivity contribution in [1.29, 1.82) is 0 Å². The predicted molar refractivity (Wildman–Crippen MR) is 173 cm³/mol. The quantitative estimate of drug-likeness (QED) is 0.217. The van der Waals surface area contributed by atoms with E-state index in [9.17, 15) is 27.4 Å². The molecule has 0 aromatic rings. The summed E-state index contributed by atoms with van der Waals surface area (Å²) in [6.07, 6.45) is 0. The Labute approximate surface area is 298 Å². The molecule has 0 aromatic heterocycles. The molecule has 0 fully saturated rings. The maximum absolute atomic E-state index is 10.5. The monoisotopic (exact) mass is 871 g/mol. The predicted octanol–water partition coefficient (Wildman–Crippen LogP) is 2.11. The van der Waals surface area contributed by atoms with Crippen molar-refractivity contribution in [3.63, 3.8) is 0 Å². The van der Waals surface area contributed by atoms with Gasteiger partial charge in [0.05, 0.1) is 14.9 Å². The minimum atomic E-state index is -4.69. The topological polar surface area (TPSA) is 303 Å². The molecule has 0 radical (unpaired) electrons. The molecule has 0 aliphatic heterocycles. The molecule has 0 heterocycles. The van der Waals surface area contributed by atoms with Gasteiger partial charge in [0, 0.05) is 125 Å². The van der Waals surface area contributed by atoms with Crippen LogP contribution in [0.25, 0.3) is 0 Å². The molecule has 0 atom stereocenters. The molecule has 0 saturated heterocycles. The first kappa shape index (κ1) is 67.7. The van der Waals surface area contributed by atoms with E-state index in [1.807, 2.05) is 0 Å². The van der Waals surface area contributed by atoms with E-state index in [0.29, 0.717) is 0 Å². The van der Waals surface area contributed by atoms with Gasteiger partial charge in [-0.3, -0.25) is 27.4 Å². The summed E-state index contributed by atoms with van der Waals surface area (Å²) in [6.45, 7) is 8.46. The average molecular weight is 872 g/mol. The van der Waals surface area contributed by atoms with Crippen LogP contribution < -0.4 is 14.0 Å². The van der Waals surface area contributed by atoms with Crippen LogP contribution in [0.4, 0.5) is 0 Å². The van der Waals surface area contributed by atoms with E-state index in [0.717, 1.165) is 0 Å². The molecule has 0 aliphatic carbocycles. The summed E-state index contributed by atoms with van der Waals surface area (Å²) in [5.41, 5.74) is 0. The molecule has 48 heavy (non-hydrogen) atoms. The largest absolute Gasteiger partial charge is 3.00 e. The van der Waals surface area contributed by atoms with Crippen LogP contribution in [0.15, 0.2) is 0 Å². The summed E-state index contributed by atoms with van der Waals surface area (Å²) in [4.78, 5) is 0. The summed E-state index contributed by atoms with van der Waals surface area (Å²) in [5, 5.41) is 0. The molecule has 0 spiro atoms. The van der Waals surface area contributed by atoms with Crippen molar-refractivity contribution in [2.45, 2.75) is 0 Å². The van der Waals surface area contributed by atoms with E-state index in [4.69, 9.17) is 18.6 Å². The fourth-order valence-corrected chi connectivity index (χ4v) is 1.34. The Kier molecular flexibility index (Phi) is 50.2. The fourth-order valence-electron chi connectivity index (χ4n) is 0.447. The van der Waals surface area contributed by atoms with Crippen LogP contribution in [0.3, 0.4) is 0 Å². The van der Waals surface area contributed by atoms with Gasteiger partial charge in [-0.15, -0.1) is 0 Å². The van der Waals surface area contributed by atoms with Gasteiger partial charge in [0.1, 0.15) is 0 Å². The number of rotatable bonds is 12. The number of hydrogen-bond donors (Lipinski definition) is 1. The van der Waals surface area contributed by atoms with Crippen LogP contribution in [0.2, 0.25) is 0 Å². The molecule has 0 amide bonds. The summed E-state index contributed by atoms with van der Waals surface area (Å²) in [5.74, 6) is 0. The smallest absolute Gasteiger partial charge is 0.312 e. The second kappa shape index (κ2) is 35.6. The van der Waals surface area contributed by atoms with Gasteiger partial charge in [0.2, 0.25) is 0 Å². The molecule has 0 aliphatic rings. The van der Waals surface area contributed by atoms with Crippen LogP contribution >= 0.6 is 45.6 Å². The van der Waals surface area contributed by atoms with E-state index < -0.39 is 55.8 Å². The van der Waals surface area contributed by atoms with Gasteiger partial charge in [-0.05, 0) is 0 Å². The van der Waals surface area contributed by atoms with E-state index in [1.165, 1.54) is 125 Å². The van der Waals surface area contributed by atoms with E-state index in [2.05, 4.69) is 54.3 Å². The summed E-state index contributed by atoms with van der Waals surface area (Å²) >= 11 is 0. The Balaban J connectivity index is -0.0000000647. The van der Waals surface area contributed by atoms with Crippen molar-refractivity contribution in [2.24, 2.45) is 0 Å². The van der Waals surface area contributed by atoms with Crippen LogP contribution in [0.5, 0.6) is 0 Å². The Morgan fingerprint density at radius 2 is 0.375 bits per heavy atom. The Morgan fingerprint density at radius 1 is 0.333 bits per heavy atom. The van der Waals surface area contributed by atoms with Gasteiger partial charge in [-0.25, -0.2) is 0 Å². The molecule has 296 valence electrons. The normalized spacial score (nSPS) is 11.6. The zero-order chi connectivity index (χ0) is 40.0. The molecule has 0 unspecified atom stereocenters. The molecule has 0 saturated carbocycles. The average Bonchev–Trinajstić information content (AvgIpc) is 3.01. The summed E-state index contributed by atoms with van der Waals surface area (Å²) in [6, 6.07) is 0. The first-order valence-electron chi connectivity index (χ1n) is 11.5. The van der Waals surface area contributed by atoms with Gasteiger partial charge in [0.25, 0.3) is 0 Å². The molecule has 0 rings (SSSR count). The van der Waals surface area contributed by atoms with Crippen molar-refractivity contribution in [3.05, 3.63) is 0 Å². The summed E-state index contributed by atoms with van der Waals surface area (Å²) < 4.78 is 149. The van der Waals surface area contributed by atoms with Crippen LogP contribution in [-0.2, 0) is 81.7 Å². The second-order valence-electron chi connectivity index (χ2n) is 7.21. The van der Waals surface area contributed by atoms with Crippen LogP contribution in [0.1, 0.15) is 0 Å². The molecule has 22 nitrogen and oxygen atoms in total. The Morgan fingerprint density at radius 3 is 0.375 bits per heavy atom. The fraction of sp³-hybridized carbons (Fsp3) is 1.00. The van der Waals surface area contributed by atoms with Crippen LogP contribution in [-0.4, -0.2) is 147 Å². The minimum Gasteiger partial charge on any atom is -0.312 e. The Bertz CT molecular complexity index is 774. The molecule has 0 aromatic carbocycles. The first-order chi connectivity index (χ1) is 20.7. The van der Waals surface area contributed by atoms with Gasteiger partial charge < -0.3 is 54.3 Å². The van der Waals surface area contributed by atoms with E-state index in [1.54, 1.807) is 0 Å². The van der Waals surface area contributed by atoms with Crippen LogP contribution in [0, 0.1) is 10.2 Å². The third kappa shape index (κ3) is 73.1. The van der Waals surface area contributed by atoms with Gasteiger partial charge in [-0.2, -0.15) is 14.0 Å². The van der Waals surface area contributed by atoms with Crippen molar-refractivity contribution in [1.82, 2.24) is 0 Å². The SMILES string of the molecule is COP(C)(=O)OC.COP(C)(=O)OC.COP(C)(=O)OC.COP(C)(=O)OC.COP(C)(=O)OC.COP(C)(=O)OC.[Al+3].[O-][Cl+3]([O-])([O-])O. The standard InChI is InChI=1S/6C3H9O3P.Al.ClHO4/c6*1-5-7(3,4)6-2;;2-1(3,4)5/h6*1-3H3;;(H,2,3,4,5)/q;;;;;;+3;. The first-order valence-corrected chi connectivity index (χ1v) is 24.7. The third-order valence-corrected chi connectivity index (χ3v) is 11.9. The zero-order valence-corrected chi connectivity index (χ0v) is 37.9. The molecule has 1 N–H and O–H groups in total. The van der Waals surface area contributed by atoms with Gasteiger partial charge in [0.15, 0.2) is 0 Å². The molecular weight excluding hydrogens is 816 g/mol. The van der Waals surface area contributed by atoms with E-state index >= 15 is 0 Å². The number of hydrogen-bond acceptors (Lipinski definition) is 22. The van der Waals surface area contributed by atoms with Crippen molar-refractivity contribution in [3.8, 4) is 0 Å². The maximum Gasteiger partial charge on any atom is 3.00 e. The van der Waals surface area contributed by atoms with E-state index in [-0.39, 0.29) is 17.4 Å². The van der Waals surface area contributed by atoms with Crippen molar-refractivity contribution in [2.75, 3.05) is 125 Å². The maximum atomic E-state index is 10.5. The third-order valence-electron chi connectivity index (χ3n) is 3.98. The Hall–Kier alpha value is 1.56. The molecular formula is C18H55AlClO22P6+3. The van der Waals surface area contributed by atoms with Crippen molar-refractivity contribution >= 4 is 62.9 Å². The van der Waals surface area contributed by atoms with Crippen molar-refractivity contribution < 1.29 is 111 Å². The zero-order valence-electron chi connectivity index (χ0n) is 30.7. The summed E-state index contributed by atoms with van der Waals surface area (Å²) in [7, 11) is -4.40.